The molecule has 2 aliphatic rings. The molecular formula is C23H30N4O. The Balaban J connectivity index is 1.37. The number of benzene rings is 1. The number of amides is 1. The third kappa shape index (κ3) is 4.83. The molecule has 0 radical (unpaired) electrons. The molecule has 148 valence electrons. The first-order valence-corrected chi connectivity index (χ1v) is 10.7. The third-order valence-electron chi connectivity index (χ3n) is 5.82. The van der Waals surface area contributed by atoms with Crippen LogP contribution in [-0.2, 0) is 0 Å². The van der Waals surface area contributed by atoms with E-state index in [9.17, 15) is 4.79 Å². The molecule has 0 unspecified atom stereocenters. The molecule has 4 rings (SSSR count). The molecule has 1 saturated carbocycles. The SMILES string of the molecule is O=C(Nc1ccc(N2CCCCC2)cc1)c1cncc(NC2CCCCC2)c1. The predicted octanol–water partition coefficient (Wildman–Crippen LogP) is 5.07. The Kier molecular flexibility index (Phi) is 6.10. The van der Waals surface area contributed by atoms with Crippen LogP contribution in [0.2, 0.25) is 0 Å². The summed E-state index contributed by atoms with van der Waals surface area (Å²) in [6.07, 6.45) is 13.6. The second-order valence-corrected chi connectivity index (χ2v) is 7.99. The van der Waals surface area contributed by atoms with Crippen molar-refractivity contribution in [3.05, 3.63) is 48.3 Å². The summed E-state index contributed by atoms with van der Waals surface area (Å²) in [4.78, 5) is 19.3. The largest absolute Gasteiger partial charge is 0.381 e. The molecule has 2 aromatic rings. The number of hydrogen-bond acceptors (Lipinski definition) is 4. The molecule has 0 atom stereocenters. The minimum absolute atomic E-state index is 0.120. The summed E-state index contributed by atoms with van der Waals surface area (Å²) < 4.78 is 0. The van der Waals surface area contributed by atoms with E-state index in [4.69, 9.17) is 0 Å². The number of piperidine rings is 1. The van der Waals surface area contributed by atoms with Gasteiger partial charge < -0.3 is 15.5 Å². The molecular weight excluding hydrogens is 348 g/mol. The van der Waals surface area contributed by atoms with Crippen molar-refractivity contribution in [3.63, 3.8) is 0 Å². The maximum atomic E-state index is 12.7. The van der Waals surface area contributed by atoms with Crippen LogP contribution in [0.1, 0.15) is 61.7 Å². The highest BCUT2D eigenvalue weighted by molar-refractivity contribution is 6.04. The summed E-state index contributed by atoms with van der Waals surface area (Å²) in [5.41, 5.74) is 3.57. The molecule has 1 aromatic heterocycles. The summed E-state index contributed by atoms with van der Waals surface area (Å²) in [6, 6.07) is 10.6. The van der Waals surface area contributed by atoms with Crippen LogP contribution >= 0.6 is 0 Å². The van der Waals surface area contributed by atoms with Crippen LogP contribution in [0.5, 0.6) is 0 Å². The average molecular weight is 379 g/mol. The summed E-state index contributed by atoms with van der Waals surface area (Å²) in [6.45, 7) is 2.25. The van der Waals surface area contributed by atoms with Crippen LogP contribution in [0, 0.1) is 0 Å². The Bertz CT molecular complexity index is 777. The normalized spacial score (nSPS) is 17.9. The summed E-state index contributed by atoms with van der Waals surface area (Å²) in [5, 5.41) is 6.53. The van der Waals surface area contributed by atoms with Crippen molar-refractivity contribution in [1.82, 2.24) is 4.98 Å². The molecule has 1 aliphatic heterocycles. The molecule has 5 heteroatoms. The molecule has 0 bridgehead atoms. The van der Waals surface area contributed by atoms with Gasteiger partial charge in [-0.1, -0.05) is 19.3 Å². The third-order valence-corrected chi connectivity index (χ3v) is 5.82. The first-order valence-electron chi connectivity index (χ1n) is 10.7. The maximum absolute atomic E-state index is 12.7. The standard InChI is InChI=1S/C23H30N4O/c28-23(18-15-21(17-24-16-18)25-19-7-3-1-4-8-19)26-20-9-11-22(12-10-20)27-13-5-2-6-14-27/h9-12,15-17,19,25H,1-8,13-14H2,(H,26,28). The molecule has 1 amide bonds. The lowest BCUT2D eigenvalue weighted by Crippen LogP contribution is -2.29. The fourth-order valence-corrected chi connectivity index (χ4v) is 4.24. The molecule has 5 nitrogen and oxygen atoms in total. The molecule has 1 aromatic carbocycles. The van der Waals surface area contributed by atoms with Gasteiger partial charge in [-0.2, -0.15) is 0 Å². The van der Waals surface area contributed by atoms with E-state index < -0.39 is 0 Å². The number of carbonyl (C=O) groups is 1. The number of nitrogens with zero attached hydrogens (tertiary/aromatic N) is 2. The maximum Gasteiger partial charge on any atom is 0.257 e. The minimum Gasteiger partial charge on any atom is -0.381 e. The van der Waals surface area contributed by atoms with Crippen molar-refractivity contribution in [2.45, 2.75) is 57.4 Å². The van der Waals surface area contributed by atoms with Crippen LogP contribution in [0.25, 0.3) is 0 Å². The van der Waals surface area contributed by atoms with Crippen LogP contribution in [0.3, 0.4) is 0 Å². The van der Waals surface area contributed by atoms with Gasteiger partial charge in [-0.25, -0.2) is 0 Å². The Morgan fingerprint density at radius 2 is 1.61 bits per heavy atom. The Morgan fingerprint density at radius 3 is 2.36 bits per heavy atom. The number of hydrogen-bond donors (Lipinski definition) is 2. The lowest BCUT2D eigenvalue weighted by atomic mass is 9.95. The first-order chi connectivity index (χ1) is 13.8. The highest BCUT2D eigenvalue weighted by atomic mass is 16.1. The molecule has 0 spiro atoms. The summed E-state index contributed by atoms with van der Waals surface area (Å²) in [7, 11) is 0. The molecule has 2 heterocycles. The van der Waals surface area contributed by atoms with Crippen molar-refractivity contribution in [2.75, 3.05) is 28.6 Å². The highest BCUT2D eigenvalue weighted by Crippen LogP contribution is 2.23. The van der Waals surface area contributed by atoms with Crippen LogP contribution < -0.4 is 15.5 Å². The lowest BCUT2D eigenvalue weighted by molar-refractivity contribution is 0.102. The highest BCUT2D eigenvalue weighted by Gasteiger charge is 2.15. The van der Waals surface area contributed by atoms with Gasteiger partial charge >= 0.3 is 0 Å². The number of pyridine rings is 1. The molecule has 2 N–H and O–H groups in total. The second-order valence-electron chi connectivity index (χ2n) is 7.99. The number of anilines is 3. The van der Waals surface area contributed by atoms with Crippen LogP contribution in [0.15, 0.2) is 42.7 Å². The van der Waals surface area contributed by atoms with E-state index in [1.165, 1.54) is 57.1 Å². The van der Waals surface area contributed by atoms with Gasteiger partial charge in [-0.15, -0.1) is 0 Å². The number of carbonyl (C=O) groups excluding carboxylic acids is 1. The smallest absolute Gasteiger partial charge is 0.257 e. The van der Waals surface area contributed by atoms with Crippen molar-refractivity contribution in [2.24, 2.45) is 0 Å². The fraction of sp³-hybridized carbons (Fsp3) is 0.478. The fourth-order valence-electron chi connectivity index (χ4n) is 4.24. The van der Waals surface area contributed by atoms with Gasteiger partial charge in [0.2, 0.25) is 0 Å². The van der Waals surface area contributed by atoms with E-state index >= 15 is 0 Å². The molecule has 2 fully saturated rings. The number of nitrogens with one attached hydrogen (secondary N) is 2. The zero-order chi connectivity index (χ0) is 19.2. The minimum atomic E-state index is -0.120. The quantitative estimate of drug-likeness (QED) is 0.763. The lowest BCUT2D eigenvalue weighted by Gasteiger charge is -2.28. The number of aromatic nitrogens is 1. The Hall–Kier alpha value is -2.56. The van der Waals surface area contributed by atoms with E-state index in [-0.39, 0.29) is 5.91 Å². The van der Waals surface area contributed by atoms with Crippen LogP contribution in [0.4, 0.5) is 17.1 Å². The van der Waals surface area contributed by atoms with Crippen molar-refractivity contribution in [3.8, 4) is 0 Å². The second kappa shape index (κ2) is 9.09. The zero-order valence-corrected chi connectivity index (χ0v) is 16.5. The molecule has 28 heavy (non-hydrogen) atoms. The van der Waals surface area contributed by atoms with Gasteiger partial charge in [0.25, 0.3) is 5.91 Å². The van der Waals surface area contributed by atoms with E-state index in [1.54, 1.807) is 12.4 Å². The molecule has 1 saturated heterocycles. The Morgan fingerprint density at radius 1 is 0.893 bits per heavy atom. The molecule has 1 aliphatic carbocycles. The van der Waals surface area contributed by atoms with Gasteiger partial charge in [0.1, 0.15) is 0 Å². The van der Waals surface area contributed by atoms with Gasteiger partial charge in [-0.05, 0) is 62.4 Å². The summed E-state index contributed by atoms with van der Waals surface area (Å²) in [5.74, 6) is -0.120. The topological polar surface area (TPSA) is 57.3 Å². The average Bonchev–Trinajstić information content (AvgIpc) is 2.76. The van der Waals surface area contributed by atoms with Crippen LogP contribution in [-0.4, -0.2) is 30.0 Å². The monoisotopic (exact) mass is 378 g/mol. The van der Waals surface area contributed by atoms with E-state index in [0.29, 0.717) is 11.6 Å². The Labute approximate surface area is 167 Å². The zero-order valence-electron chi connectivity index (χ0n) is 16.5. The van der Waals surface area contributed by atoms with Gasteiger partial charge in [0.05, 0.1) is 11.3 Å². The van der Waals surface area contributed by atoms with Gasteiger partial charge in [-0.3, -0.25) is 9.78 Å². The van der Waals surface area contributed by atoms with Crippen molar-refractivity contribution in [1.29, 1.82) is 0 Å². The predicted molar refractivity (Wildman–Crippen MR) is 115 cm³/mol. The van der Waals surface area contributed by atoms with E-state index in [1.807, 2.05) is 18.2 Å². The van der Waals surface area contributed by atoms with Gasteiger partial charge in [0.15, 0.2) is 0 Å². The van der Waals surface area contributed by atoms with E-state index in [0.717, 1.165) is 24.5 Å². The first kappa shape index (κ1) is 18.8. The summed E-state index contributed by atoms with van der Waals surface area (Å²) >= 11 is 0. The van der Waals surface area contributed by atoms with Crippen molar-refractivity contribution >= 4 is 23.0 Å². The van der Waals surface area contributed by atoms with Crippen molar-refractivity contribution < 1.29 is 4.79 Å². The van der Waals surface area contributed by atoms with E-state index in [2.05, 4.69) is 32.7 Å². The van der Waals surface area contributed by atoms with Gasteiger partial charge in [0, 0.05) is 42.9 Å². The number of rotatable bonds is 5.